The second-order valence-electron chi connectivity index (χ2n) is 6.19. The predicted octanol–water partition coefficient (Wildman–Crippen LogP) is 2.97. The summed E-state index contributed by atoms with van der Waals surface area (Å²) in [4.78, 5) is 14.2. The zero-order valence-electron chi connectivity index (χ0n) is 14.7. The van der Waals surface area contributed by atoms with Gasteiger partial charge in [-0.3, -0.25) is 9.69 Å². The molecular formula is C17H31Cl2N3O. The molecule has 0 radical (unpaired) electrons. The molecule has 134 valence electrons. The van der Waals surface area contributed by atoms with E-state index in [1.165, 1.54) is 5.56 Å². The van der Waals surface area contributed by atoms with Gasteiger partial charge in [0.25, 0.3) is 0 Å². The van der Waals surface area contributed by atoms with Crippen LogP contribution in [0.1, 0.15) is 38.8 Å². The summed E-state index contributed by atoms with van der Waals surface area (Å²) in [6.45, 7) is 9.53. The van der Waals surface area contributed by atoms with Gasteiger partial charge in [0.15, 0.2) is 0 Å². The maximum atomic E-state index is 11.9. The van der Waals surface area contributed by atoms with Gasteiger partial charge >= 0.3 is 0 Å². The van der Waals surface area contributed by atoms with Crippen LogP contribution in [0.5, 0.6) is 0 Å². The molecule has 0 aromatic heterocycles. The standard InChI is InChI=1S/C17H29N3O.2ClH/c1-12(2)20(5)11-16-8-6-7-15(9-16)10-19-17(21)13(3)14(4)18;;/h6-9,12-14H,10-11,18H2,1-5H3,(H,19,21);2*1H. The van der Waals surface area contributed by atoms with E-state index in [1.54, 1.807) is 0 Å². The highest BCUT2D eigenvalue weighted by molar-refractivity contribution is 5.85. The van der Waals surface area contributed by atoms with Crippen LogP contribution in [0.2, 0.25) is 0 Å². The van der Waals surface area contributed by atoms with Crippen LogP contribution in [-0.4, -0.2) is 29.9 Å². The van der Waals surface area contributed by atoms with E-state index < -0.39 is 0 Å². The molecule has 0 saturated heterocycles. The Kier molecular flexibility index (Phi) is 12.4. The number of nitrogens with zero attached hydrogens (tertiary/aromatic N) is 1. The van der Waals surface area contributed by atoms with Gasteiger partial charge in [-0.15, -0.1) is 24.8 Å². The summed E-state index contributed by atoms with van der Waals surface area (Å²) in [7, 11) is 2.11. The zero-order valence-corrected chi connectivity index (χ0v) is 16.3. The van der Waals surface area contributed by atoms with E-state index in [4.69, 9.17) is 5.73 Å². The average Bonchev–Trinajstić information content (AvgIpc) is 2.44. The van der Waals surface area contributed by atoms with E-state index in [0.29, 0.717) is 12.6 Å². The summed E-state index contributed by atoms with van der Waals surface area (Å²) in [6.07, 6.45) is 0. The molecule has 1 aromatic rings. The number of halogens is 2. The first-order valence-electron chi connectivity index (χ1n) is 7.62. The number of carbonyl (C=O) groups excluding carboxylic acids is 1. The van der Waals surface area contributed by atoms with E-state index in [-0.39, 0.29) is 42.7 Å². The fraction of sp³-hybridized carbons (Fsp3) is 0.588. The Labute approximate surface area is 153 Å². The molecule has 0 fully saturated rings. The molecule has 2 unspecified atom stereocenters. The molecule has 0 aliphatic heterocycles. The highest BCUT2D eigenvalue weighted by Gasteiger charge is 2.16. The molecule has 1 amide bonds. The van der Waals surface area contributed by atoms with E-state index in [1.807, 2.05) is 26.0 Å². The van der Waals surface area contributed by atoms with Crippen molar-refractivity contribution in [3.8, 4) is 0 Å². The van der Waals surface area contributed by atoms with E-state index in [9.17, 15) is 4.79 Å². The van der Waals surface area contributed by atoms with Crippen LogP contribution in [0.25, 0.3) is 0 Å². The van der Waals surface area contributed by atoms with Gasteiger partial charge in [0.05, 0.1) is 0 Å². The van der Waals surface area contributed by atoms with Crippen molar-refractivity contribution < 1.29 is 4.79 Å². The number of amides is 1. The van der Waals surface area contributed by atoms with Gasteiger partial charge < -0.3 is 11.1 Å². The first kappa shape index (κ1) is 24.4. The Morgan fingerprint density at radius 3 is 2.26 bits per heavy atom. The summed E-state index contributed by atoms with van der Waals surface area (Å²) in [5.41, 5.74) is 8.13. The van der Waals surface area contributed by atoms with Gasteiger partial charge in [0, 0.05) is 31.1 Å². The van der Waals surface area contributed by atoms with Gasteiger partial charge in [-0.25, -0.2) is 0 Å². The van der Waals surface area contributed by atoms with Crippen molar-refractivity contribution in [3.63, 3.8) is 0 Å². The Balaban J connectivity index is 0. The second kappa shape index (κ2) is 11.7. The monoisotopic (exact) mass is 363 g/mol. The minimum Gasteiger partial charge on any atom is -0.352 e. The van der Waals surface area contributed by atoms with Crippen LogP contribution in [0.3, 0.4) is 0 Å². The molecule has 6 heteroatoms. The predicted molar refractivity (Wildman–Crippen MR) is 102 cm³/mol. The van der Waals surface area contributed by atoms with Crippen molar-refractivity contribution in [2.75, 3.05) is 7.05 Å². The molecule has 4 nitrogen and oxygen atoms in total. The number of hydrogen-bond donors (Lipinski definition) is 2. The zero-order chi connectivity index (χ0) is 16.0. The topological polar surface area (TPSA) is 58.4 Å². The molecule has 2 atom stereocenters. The van der Waals surface area contributed by atoms with Crippen LogP contribution in [0, 0.1) is 5.92 Å². The second-order valence-corrected chi connectivity index (χ2v) is 6.19. The molecule has 0 aliphatic carbocycles. The fourth-order valence-electron chi connectivity index (χ4n) is 1.90. The van der Waals surface area contributed by atoms with Gasteiger partial charge in [-0.1, -0.05) is 31.2 Å². The molecule has 1 rings (SSSR count). The molecule has 23 heavy (non-hydrogen) atoms. The lowest BCUT2D eigenvalue weighted by molar-refractivity contribution is -0.125. The van der Waals surface area contributed by atoms with Gasteiger partial charge in [-0.05, 0) is 38.9 Å². The third kappa shape index (κ3) is 8.56. The van der Waals surface area contributed by atoms with Crippen LogP contribution in [0.15, 0.2) is 24.3 Å². The van der Waals surface area contributed by atoms with Crippen LogP contribution >= 0.6 is 24.8 Å². The number of carbonyl (C=O) groups is 1. The smallest absolute Gasteiger partial charge is 0.224 e. The highest BCUT2D eigenvalue weighted by atomic mass is 35.5. The highest BCUT2D eigenvalue weighted by Crippen LogP contribution is 2.10. The van der Waals surface area contributed by atoms with Crippen molar-refractivity contribution >= 4 is 30.7 Å². The van der Waals surface area contributed by atoms with Crippen molar-refractivity contribution in [3.05, 3.63) is 35.4 Å². The minimum absolute atomic E-state index is 0. The molecule has 3 N–H and O–H groups in total. The van der Waals surface area contributed by atoms with Gasteiger partial charge in [0.1, 0.15) is 0 Å². The lowest BCUT2D eigenvalue weighted by Crippen LogP contribution is -2.38. The first-order chi connectivity index (χ1) is 9.81. The minimum atomic E-state index is -0.166. The number of hydrogen-bond acceptors (Lipinski definition) is 3. The maximum Gasteiger partial charge on any atom is 0.224 e. The van der Waals surface area contributed by atoms with Gasteiger partial charge in [-0.2, -0.15) is 0 Å². The number of benzene rings is 1. The molecule has 0 saturated carbocycles. The fourth-order valence-corrected chi connectivity index (χ4v) is 1.90. The molecular weight excluding hydrogens is 333 g/mol. The van der Waals surface area contributed by atoms with E-state index >= 15 is 0 Å². The Hall–Kier alpha value is -0.810. The van der Waals surface area contributed by atoms with Crippen molar-refractivity contribution in [2.45, 2.75) is 52.9 Å². The number of nitrogens with two attached hydrogens (primary N) is 1. The molecule has 0 heterocycles. The van der Waals surface area contributed by atoms with E-state index in [0.717, 1.165) is 12.1 Å². The Morgan fingerprint density at radius 1 is 1.17 bits per heavy atom. The van der Waals surface area contributed by atoms with Crippen LogP contribution < -0.4 is 11.1 Å². The Bertz CT molecular complexity index is 467. The quantitative estimate of drug-likeness (QED) is 0.782. The summed E-state index contributed by atoms with van der Waals surface area (Å²) in [5.74, 6) is -0.157. The third-order valence-corrected chi connectivity index (χ3v) is 3.97. The molecule has 0 spiro atoms. The molecule has 0 bridgehead atoms. The number of nitrogens with one attached hydrogen (secondary N) is 1. The normalized spacial score (nSPS) is 13.0. The Morgan fingerprint density at radius 2 is 1.74 bits per heavy atom. The third-order valence-electron chi connectivity index (χ3n) is 3.97. The largest absolute Gasteiger partial charge is 0.352 e. The van der Waals surface area contributed by atoms with Crippen molar-refractivity contribution in [1.29, 1.82) is 0 Å². The SMILES string of the molecule is CC(N)C(C)C(=O)NCc1cccc(CN(C)C(C)C)c1.Cl.Cl. The summed E-state index contributed by atoms with van der Waals surface area (Å²) < 4.78 is 0. The summed E-state index contributed by atoms with van der Waals surface area (Å²) in [6, 6.07) is 8.73. The summed E-state index contributed by atoms with van der Waals surface area (Å²) in [5, 5.41) is 2.95. The van der Waals surface area contributed by atoms with E-state index in [2.05, 4.69) is 43.2 Å². The molecule has 0 aliphatic rings. The maximum absolute atomic E-state index is 11.9. The van der Waals surface area contributed by atoms with Crippen LogP contribution in [0.4, 0.5) is 0 Å². The average molecular weight is 364 g/mol. The van der Waals surface area contributed by atoms with Crippen molar-refractivity contribution in [1.82, 2.24) is 10.2 Å². The summed E-state index contributed by atoms with van der Waals surface area (Å²) >= 11 is 0. The van der Waals surface area contributed by atoms with Gasteiger partial charge in [0.2, 0.25) is 5.91 Å². The lowest BCUT2D eigenvalue weighted by atomic mass is 10.0. The van der Waals surface area contributed by atoms with Crippen molar-refractivity contribution in [2.24, 2.45) is 11.7 Å². The van der Waals surface area contributed by atoms with Crippen LogP contribution in [-0.2, 0) is 17.9 Å². The first-order valence-corrected chi connectivity index (χ1v) is 7.62. The lowest BCUT2D eigenvalue weighted by Gasteiger charge is -2.21. The number of rotatable bonds is 7. The molecule has 1 aromatic carbocycles.